The van der Waals surface area contributed by atoms with Crippen LogP contribution in [0.1, 0.15) is 6.42 Å². The molecule has 44 valence electrons. The summed E-state index contributed by atoms with van der Waals surface area (Å²) in [6, 6.07) is 0. The largest absolute Gasteiger partial charge is 0.377 e. The van der Waals surface area contributed by atoms with E-state index < -0.39 is 0 Å². The second-order valence-corrected chi connectivity index (χ2v) is 1.81. The monoisotopic (exact) mass is 110 g/mol. The molecule has 0 saturated carbocycles. The minimum absolute atomic E-state index is 0.765. The highest BCUT2D eigenvalue weighted by Gasteiger charge is 1.96. The fraction of sp³-hybridized carbons (Fsp3) is 0.429. The van der Waals surface area contributed by atoms with Gasteiger partial charge in [0.15, 0.2) is 0 Å². The summed E-state index contributed by atoms with van der Waals surface area (Å²) in [4.78, 5) is 0. The van der Waals surface area contributed by atoms with E-state index in [1.807, 2.05) is 6.08 Å². The van der Waals surface area contributed by atoms with Crippen LogP contribution in [0, 0.1) is 0 Å². The summed E-state index contributed by atoms with van der Waals surface area (Å²) in [5.41, 5.74) is 1.32. The molecule has 0 N–H and O–H groups in total. The fourth-order valence-corrected chi connectivity index (χ4v) is 0.727. The van der Waals surface area contributed by atoms with E-state index in [0.717, 1.165) is 19.6 Å². The van der Waals surface area contributed by atoms with Gasteiger partial charge in [0, 0.05) is 0 Å². The predicted octanol–water partition coefficient (Wildman–Crippen LogP) is 1.52. The van der Waals surface area contributed by atoms with Crippen LogP contribution < -0.4 is 0 Å². The van der Waals surface area contributed by atoms with Crippen molar-refractivity contribution < 1.29 is 4.74 Å². The van der Waals surface area contributed by atoms with Gasteiger partial charge in [0.25, 0.3) is 0 Å². The molecule has 0 radical (unpaired) electrons. The van der Waals surface area contributed by atoms with Crippen molar-refractivity contribution in [1.29, 1.82) is 0 Å². The van der Waals surface area contributed by atoms with E-state index in [-0.39, 0.29) is 0 Å². The first kappa shape index (κ1) is 5.57. The molecule has 0 aromatic rings. The molecule has 0 atom stereocenters. The third kappa shape index (κ3) is 1.20. The Balaban J connectivity index is 2.49. The van der Waals surface area contributed by atoms with Gasteiger partial charge in [0.05, 0.1) is 13.2 Å². The van der Waals surface area contributed by atoms with Crippen molar-refractivity contribution >= 4 is 0 Å². The van der Waals surface area contributed by atoms with Crippen molar-refractivity contribution in [3.8, 4) is 0 Å². The molecule has 0 unspecified atom stereocenters. The molecule has 8 heavy (non-hydrogen) atoms. The maximum absolute atomic E-state index is 5.08. The van der Waals surface area contributed by atoms with Gasteiger partial charge in [-0.25, -0.2) is 0 Å². The summed E-state index contributed by atoms with van der Waals surface area (Å²) in [6.45, 7) is 5.28. The van der Waals surface area contributed by atoms with Gasteiger partial charge in [-0.1, -0.05) is 18.7 Å². The zero-order valence-corrected chi connectivity index (χ0v) is 4.89. The lowest BCUT2D eigenvalue weighted by atomic mass is 10.1. The van der Waals surface area contributed by atoms with Crippen molar-refractivity contribution in [2.45, 2.75) is 6.42 Å². The minimum atomic E-state index is 0.765. The molecule has 0 aromatic carbocycles. The summed E-state index contributed by atoms with van der Waals surface area (Å²) in [6.07, 6.45) is 4.99. The Morgan fingerprint density at radius 2 is 2.62 bits per heavy atom. The van der Waals surface area contributed by atoms with Crippen LogP contribution in [-0.2, 0) is 4.74 Å². The number of allylic oxidation sites excluding steroid dienone is 1. The van der Waals surface area contributed by atoms with Crippen LogP contribution in [0.2, 0.25) is 0 Å². The average molecular weight is 110 g/mol. The number of rotatable bonds is 1. The molecule has 0 aliphatic carbocycles. The van der Waals surface area contributed by atoms with E-state index in [4.69, 9.17) is 4.74 Å². The molecular weight excluding hydrogens is 100 g/mol. The third-order valence-electron chi connectivity index (χ3n) is 1.26. The van der Waals surface area contributed by atoms with Gasteiger partial charge >= 0.3 is 0 Å². The van der Waals surface area contributed by atoms with Crippen LogP contribution in [0.15, 0.2) is 24.3 Å². The average Bonchev–Trinajstić information content (AvgIpc) is 1.90. The molecule has 0 amide bonds. The maximum Gasteiger partial charge on any atom is 0.0653 e. The summed E-state index contributed by atoms with van der Waals surface area (Å²) >= 11 is 0. The molecule has 0 spiro atoms. The quantitative estimate of drug-likeness (QED) is 0.497. The van der Waals surface area contributed by atoms with Crippen molar-refractivity contribution in [3.05, 3.63) is 24.3 Å². The predicted molar refractivity (Wildman–Crippen MR) is 33.7 cm³/mol. The van der Waals surface area contributed by atoms with Gasteiger partial charge < -0.3 is 4.74 Å². The Bertz CT molecular complexity index is 114. The molecule has 1 heteroatoms. The van der Waals surface area contributed by atoms with Crippen LogP contribution in [0.4, 0.5) is 0 Å². The topological polar surface area (TPSA) is 9.23 Å². The first-order valence-corrected chi connectivity index (χ1v) is 2.82. The number of hydrogen-bond donors (Lipinski definition) is 0. The molecule has 1 aliphatic rings. The zero-order valence-electron chi connectivity index (χ0n) is 4.89. The molecule has 1 rings (SSSR count). The fourth-order valence-electron chi connectivity index (χ4n) is 0.727. The Labute approximate surface area is 49.7 Å². The lowest BCUT2D eigenvalue weighted by Gasteiger charge is -2.08. The first-order valence-electron chi connectivity index (χ1n) is 2.82. The Hall–Kier alpha value is -0.560. The van der Waals surface area contributed by atoms with Gasteiger partial charge in [0.1, 0.15) is 0 Å². The van der Waals surface area contributed by atoms with E-state index in [1.165, 1.54) is 5.57 Å². The SMILES string of the molecule is C=CC1=CCOCC1. The first-order chi connectivity index (χ1) is 3.93. The van der Waals surface area contributed by atoms with Crippen molar-refractivity contribution in [2.24, 2.45) is 0 Å². The summed E-state index contributed by atoms with van der Waals surface area (Å²) in [7, 11) is 0. The van der Waals surface area contributed by atoms with Crippen LogP contribution in [0.5, 0.6) is 0 Å². The van der Waals surface area contributed by atoms with Crippen LogP contribution in [0.25, 0.3) is 0 Å². The van der Waals surface area contributed by atoms with E-state index in [0.29, 0.717) is 0 Å². The molecule has 1 aliphatic heterocycles. The van der Waals surface area contributed by atoms with Crippen molar-refractivity contribution in [2.75, 3.05) is 13.2 Å². The van der Waals surface area contributed by atoms with Crippen LogP contribution in [-0.4, -0.2) is 13.2 Å². The molecule has 0 saturated heterocycles. The normalized spacial score (nSPS) is 19.8. The van der Waals surface area contributed by atoms with Crippen LogP contribution in [0.3, 0.4) is 0 Å². The van der Waals surface area contributed by atoms with E-state index in [9.17, 15) is 0 Å². The molecule has 0 bridgehead atoms. The third-order valence-corrected chi connectivity index (χ3v) is 1.26. The molecule has 1 nitrogen and oxygen atoms in total. The van der Waals surface area contributed by atoms with Crippen molar-refractivity contribution in [1.82, 2.24) is 0 Å². The highest BCUT2D eigenvalue weighted by molar-refractivity contribution is 5.17. The smallest absolute Gasteiger partial charge is 0.0653 e. The number of hydrogen-bond acceptors (Lipinski definition) is 1. The highest BCUT2D eigenvalue weighted by Crippen LogP contribution is 2.06. The molecular formula is C7H10O. The lowest BCUT2D eigenvalue weighted by Crippen LogP contribution is -2.02. The second kappa shape index (κ2) is 2.68. The van der Waals surface area contributed by atoms with Gasteiger partial charge in [-0.05, 0) is 12.0 Å². The summed E-state index contributed by atoms with van der Waals surface area (Å²) in [5, 5.41) is 0. The van der Waals surface area contributed by atoms with E-state index in [2.05, 4.69) is 12.7 Å². The number of ether oxygens (including phenoxy) is 1. The van der Waals surface area contributed by atoms with E-state index in [1.54, 1.807) is 0 Å². The van der Waals surface area contributed by atoms with E-state index >= 15 is 0 Å². The van der Waals surface area contributed by atoms with Gasteiger partial charge in [-0.2, -0.15) is 0 Å². The standard InChI is InChI=1S/C7H10O/c1-2-7-3-5-8-6-4-7/h2-3H,1,4-6H2. The van der Waals surface area contributed by atoms with Gasteiger partial charge in [-0.3, -0.25) is 0 Å². The summed E-state index contributed by atoms with van der Waals surface area (Å²) in [5.74, 6) is 0. The van der Waals surface area contributed by atoms with Gasteiger partial charge in [0.2, 0.25) is 0 Å². The Morgan fingerprint density at radius 1 is 1.75 bits per heavy atom. The maximum atomic E-state index is 5.08. The molecule has 0 aromatic heterocycles. The van der Waals surface area contributed by atoms with Gasteiger partial charge in [-0.15, -0.1) is 0 Å². The minimum Gasteiger partial charge on any atom is -0.377 e. The molecule has 0 fully saturated rings. The lowest BCUT2D eigenvalue weighted by molar-refractivity contribution is 0.156. The summed E-state index contributed by atoms with van der Waals surface area (Å²) < 4.78 is 5.08. The van der Waals surface area contributed by atoms with Crippen LogP contribution >= 0.6 is 0 Å². The van der Waals surface area contributed by atoms with Crippen molar-refractivity contribution in [3.63, 3.8) is 0 Å². The Kier molecular flexibility index (Phi) is 1.86. The molecule has 1 heterocycles. The highest BCUT2D eigenvalue weighted by atomic mass is 16.5. The zero-order chi connectivity index (χ0) is 5.82. The Morgan fingerprint density at radius 3 is 3.00 bits per heavy atom. The second-order valence-electron chi connectivity index (χ2n) is 1.81.